The summed E-state index contributed by atoms with van der Waals surface area (Å²) < 4.78 is 15.5. The summed E-state index contributed by atoms with van der Waals surface area (Å²) in [6.45, 7) is 3.70. The third-order valence-corrected chi connectivity index (χ3v) is 3.12. The number of hydrogen-bond acceptors (Lipinski definition) is 3. The Labute approximate surface area is 112 Å². The first-order chi connectivity index (χ1) is 9.31. The fourth-order valence-electron chi connectivity index (χ4n) is 2.10. The monoisotopic (exact) mass is 262 g/mol. The molecule has 0 saturated carbocycles. The maximum absolute atomic E-state index is 13.7. The van der Waals surface area contributed by atoms with E-state index in [-0.39, 0.29) is 11.9 Å². The Hall–Kier alpha value is -1.75. The Morgan fingerprint density at radius 1 is 1.37 bits per heavy atom. The Kier molecular flexibility index (Phi) is 5.03. The molecule has 0 amide bonds. The number of halogens is 1. The molecule has 0 aliphatic heterocycles. The number of hydrogen-bond donors (Lipinski definition) is 1. The molecule has 0 radical (unpaired) electrons. The topological polar surface area (TPSA) is 42.7 Å². The molecule has 0 aliphatic carbocycles. The van der Waals surface area contributed by atoms with Crippen LogP contribution in [0.15, 0.2) is 36.7 Å². The van der Waals surface area contributed by atoms with Gasteiger partial charge in [0.05, 0.1) is 6.20 Å². The first-order valence-corrected chi connectivity index (χ1v) is 6.63. The zero-order chi connectivity index (χ0) is 13.5. The maximum atomic E-state index is 13.7. The molecule has 2 rings (SSSR count). The van der Waals surface area contributed by atoms with Crippen LogP contribution in [0.4, 0.5) is 4.39 Å². The van der Waals surface area contributed by atoms with Gasteiger partial charge in [0.25, 0.3) is 0 Å². The lowest BCUT2D eigenvalue weighted by molar-refractivity contribution is 0.460. The lowest BCUT2D eigenvalue weighted by Crippen LogP contribution is -2.23. The van der Waals surface area contributed by atoms with E-state index in [1.165, 1.54) is 6.07 Å². The molecule has 4 nitrogen and oxygen atoms in total. The molecule has 1 aromatic carbocycles. The van der Waals surface area contributed by atoms with E-state index in [1.54, 1.807) is 16.9 Å². The molecule has 1 heterocycles. The Morgan fingerprint density at radius 2 is 2.21 bits per heavy atom. The van der Waals surface area contributed by atoms with Gasteiger partial charge in [0.2, 0.25) is 0 Å². The van der Waals surface area contributed by atoms with Gasteiger partial charge < -0.3 is 5.32 Å². The molecule has 0 aliphatic rings. The van der Waals surface area contributed by atoms with Gasteiger partial charge in [-0.1, -0.05) is 30.3 Å². The van der Waals surface area contributed by atoms with Crippen LogP contribution in [0.3, 0.4) is 0 Å². The Bertz CT molecular complexity index is 484. The molecule has 1 atom stereocenters. The van der Waals surface area contributed by atoms with Crippen LogP contribution in [-0.2, 0) is 6.54 Å². The summed E-state index contributed by atoms with van der Waals surface area (Å²) in [7, 11) is 0. The highest BCUT2D eigenvalue weighted by atomic mass is 19.1. The van der Waals surface area contributed by atoms with E-state index in [0.29, 0.717) is 0 Å². The summed E-state index contributed by atoms with van der Waals surface area (Å²) in [5.74, 6) is -0.141. The highest BCUT2D eigenvalue weighted by Crippen LogP contribution is 2.19. The molecule has 0 spiro atoms. The van der Waals surface area contributed by atoms with E-state index >= 15 is 0 Å². The number of nitrogens with zero attached hydrogens (tertiary/aromatic N) is 3. The standard InChI is InChI=1S/C14H19FN4/c1-2-14(12-6-3-4-7-13(12)15)16-8-5-10-19-11-9-17-18-19/h3-4,6-7,9,11,14,16H,2,5,8,10H2,1H3. The second-order valence-corrected chi connectivity index (χ2v) is 4.46. The summed E-state index contributed by atoms with van der Waals surface area (Å²) in [5, 5.41) is 11.0. The molecule has 0 saturated heterocycles. The Balaban J connectivity index is 1.81. The molecule has 2 aromatic rings. The van der Waals surface area contributed by atoms with Crippen molar-refractivity contribution in [2.24, 2.45) is 0 Å². The smallest absolute Gasteiger partial charge is 0.127 e. The predicted molar refractivity (Wildman–Crippen MR) is 72.1 cm³/mol. The summed E-state index contributed by atoms with van der Waals surface area (Å²) in [6, 6.07) is 7.01. The quantitative estimate of drug-likeness (QED) is 0.780. The van der Waals surface area contributed by atoms with E-state index < -0.39 is 0 Å². The lowest BCUT2D eigenvalue weighted by Gasteiger charge is -2.18. The maximum Gasteiger partial charge on any atom is 0.127 e. The number of rotatable bonds is 7. The summed E-state index contributed by atoms with van der Waals surface area (Å²) in [5.41, 5.74) is 0.741. The third kappa shape index (κ3) is 3.86. The zero-order valence-electron chi connectivity index (χ0n) is 11.1. The molecular formula is C14H19FN4. The number of aromatic nitrogens is 3. The van der Waals surface area contributed by atoms with Crippen LogP contribution in [0.1, 0.15) is 31.4 Å². The molecule has 102 valence electrons. The van der Waals surface area contributed by atoms with E-state index in [1.807, 2.05) is 18.3 Å². The third-order valence-electron chi connectivity index (χ3n) is 3.12. The first kappa shape index (κ1) is 13.7. The molecular weight excluding hydrogens is 243 g/mol. The van der Waals surface area contributed by atoms with E-state index in [0.717, 1.165) is 31.5 Å². The average Bonchev–Trinajstić information content (AvgIpc) is 2.93. The minimum Gasteiger partial charge on any atom is -0.310 e. The largest absolute Gasteiger partial charge is 0.310 e. The predicted octanol–water partition coefficient (Wildman–Crippen LogP) is 2.55. The van der Waals surface area contributed by atoms with Crippen LogP contribution in [0.5, 0.6) is 0 Å². The van der Waals surface area contributed by atoms with Crippen LogP contribution >= 0.6 is 0 Å². The van der Waals surface area contributed by atoms with Crippen molar-refractivity contribution in [3.63, 3.8) is 0 Å². The van der Waals surface area contributed by atoms with E-state index in [2.05, 4.69) is 22.6 Å². The highest BCUT2D eigenvalue weighted by molar-refractivity contribution is 5.20. The minimum absolute atomic E-state index is 0.0666. The molecule has 1 unspecified atom stereocenters. The normalized spacial score (nSPS) is 12.5. The molecule has 1 N–H and O–H groups in total. The second-order valence-electron chi connectivity index (χ2n) is 4.46. The minimum atomic E-state index is -0.141. The van der Waals surface area contributed by atoms with Crippen LogP contribution in [0, 0.1) is 5.82 Å². The zero-order valence-corrected chi connectivity index (χ0v) is 11.1. The highest BCUT2D eigenvalue weighted by Gasteiger charge is 2.12. The van der Waals surface area contributed by atoms with Gasteiger partial charge in [-0.3, -0.25) is 4.68 Å². The molecule has 1 aromatic heterocycles. The van der Waals surface area contributed by atoms with Gasteiger partial charge in [0, 0.05) is 24.3 Å². The lowest BCUT2D eigenvalue weighted by atomic mass is 10.0. The van der Waals surface area contributed by atoms with Crippen LogP contribution in [-0.4, -0.2) is 21.5 Å². The summed E-state index contributed by atoms with van der Waals surface area (Å²) >= 11 is 0. The van der Waals surface area contributed by atoms with Gasteiger partial charge in [-0.25, -0.2) is 4.39 Å². The van der Waals surface area contributed by atoms with Crippen molar-refractivity contribution < 1.29 is 4.39 Å². The van der Waals surface area contributed by atoms with Gasteiger partial charge in [0.1, 0.15) is 5.82 Å². The van der Waals surface area contributed by atoms with Crippen molar-refractivity contribution in [1.29, 1.82) is 0 Å². The summed E-state index contributed by atoms with van der Waals surface area (Å²) in [6.07, 6.45) is 5.31. The number of benzene rings is 1. The van der Waals surface area contributed by atoms with Crippen molar-refractivity contribution in [2.75, 3.05) is 6.54 Å². The van der Waals surface area contributed by atoms with Crippen LogP contribution in [0.25, 0.3) is 0 Å². The van der Waals surface area contributed by atoms with E-state index in [9.17, 15) is 4.39 Å². The van der Waals surface area contributed by atoms with Crippen LogP contribution in [0.2, 0.25) is 0 Å². The fourth-order valence-corrected chi connectivity index (χ4v) is 2.10. The van der Waals surface area contributed by atoms with Crippen molar-refractivity contribution in [1.82, 2.24) is 20.3 Å². The Morgan fingerprint density at radius 3 is 2.89 bits per heavy atom. The van der Waals surface area contributed by atoms with Gasteiger partial charge in [-0.05, 0) is 25.5 Å². The molecule has 19 heavy (non-hydrogen) atoms. The fraction of sp³-hybridized carbons (Fsp3) is 0.429. The van der Waals surface area contributed by atoms with Gasteiger partial charge in [-0.15, -0.1) is 5.10 Å². The van der Waals surface area contributed by atoms with Gasteiger partial charge in [0.15, 0.2) is 0 Å². The van der Waals surface area contributed by atoms with E-state index in [4.69, 9.17) is 0 Å². The molecule has 0 bridgehead atoms. The van der Waals surface area contributed by atoms with Crippen molar-refractivity contribution in [3.8, 4) is 0 Å². The second kappa shape index (κ2) is 6.99. The number of nitrogens with one attached hydrogen (secondary N) is 1. The van der Waals surface area contributed by atoms with Crippen molar-refractivity contribution in [2.45, 2.75) is 32.4 Å². The van der Waals surface area contributed by atoms with Crippen molar-refractivity contribution in [3.05, 3.63) is 48.0 Å². The molecule has 0 fully saturated rings. The van der Waals surface area contributed by atoms with Gasteiger partial charge in [-0.2, -0.15) is 0 Å². The van der Waals surface area contributed by atoms with Gasteiger partial charge >= 0.3 is 0 Å². The first-order valence-electron chi connectivity index (χ1n) is 6.63. The summed E-state index contributed by atoms with van der Waals surface area (Å²) in [4.78, 5) is 0. The van der Waals surface area contributed by atoms with Crippen molar-refractivity contribution >= 4 is 0 Å². The average molecular weight is 262 g/mol. The SMILES string of the molecule is CCC(NCCCn1ccnn1)c1ccccc1F. The molecule has 5 heteroatoms. The number of aryl methyl sites for hydroxylation is 1. The van der Waals surface area contributed by atoms with Crippen LogP contribution < -0.4 is 5.32 Å².